The van der Waals surface area contributed by atoms with Gasteiger partial charge in [-0.2, -0.15) is 0 Å². The number of rotatable bonds is 2. The smallest absolute Gasteiger partial charge is 0.0778 e. The molecule has 1 saturated heterocycles. The molecule has 0 aromatic heterocycles. The van der Waals surface area contributed by atoms with Crippen LogP contribution in [-0.4, -0.2) is 25.8 Å². The van der Waals surface area contributed by atoms with Crippen LogP contribution in [0.4, 0.5) is 0 Å². The fraction of sp³-hybridized carbons (Fsp3) is 1.00. The van der Waals surface area contributed by atoms with Crippen molar-refractivity contribution in [2.45, 2.75) is 32.3 Å². The molecule has 0 aliphatic carbocycles. The molecule has 1 aliphatic heterocycles. The minimum atomic E-state index is 0.0985. The Kier molecular flexibility index (Phi) is 2.90. The first-order chi connectivity index (χ1) is 5.16. The predicted octanol–water partition coefficient (Wildman–Crippen LogP) is 1.41. The zero-order valence-electron chi connectivity index (χ0n) is 7.81. The molecule has 1 heterocycles. The third-order valence-electron chi connectivity index (χ3n) is 2.43. The first kappa shape index (κ1) is 9.01. The Balaban J connectivity index is 2.35. The molecule has 1 N–H and O–H groups in total. The Bertz CT molecular complexity index is 117. The number of ether oxygens (including phenoxy) is 1. The summed E-state index contributed by atoms with van der Waals surface area (Å²) in [5.74, 6) is 0.750. The molecule has 0 radical (unpaired) electrons. The van der Waals surface area contributed by atoms with Crippen LogP contribution < -0.4 is 5.32 Å². The van der Waals surface area contributed by atoms with E-state index >= 15 is 0 Å². The van der Waals surface area contributed by atoms with Crippen molar-refractivity contribution in [1.82, 2.24) is 5.32 Å². The van der Waals surface area contributed by atoms with Gasteiger partial charge in [0, 0.05) is 13.2 Å². The van der Waals surface area contributed by atoms with Gasteiger partial charge in [-0.25, -0.2) is 0 Å². The van der Waals surface area contributed by atoms with Gasteiger partial charge in [0.1, 0.15) is 0 Å². The average Bonchev–Trinajstić information content (AvgIpc) is 1.97. The second-order valence-electron chi connectivity index (χ2n) is 3.94. The van der Waals surface area contributed by atoms with E-state index in [1.54, 1.807) is 0 Å². The normalized spacial score (nSPS) is 39.0. The molecule has 11 heavy (non-hydrogen) atoms. The van der Waals surface area contributed by atoms with Gasteiger partial charge >= 0.3 is 0 Å². The quantitative estimate of drug-likeness (QED) is 0.654. The lowest BCUT2D eigenvalue weighted by atomic mass is 9.91. The zero-order chi connectivity index (χ0) is 8.32. The van der Waals surface area contributed by atoms with Crippen molar-refractivity contribution in [2.75, 3.05) is 20.2 Å². The van der Waals surface area contributed by atoms with Gasteiger partial charge in [-0.3, -0.25) is 0 Å². The highest BCUT2D eigenvalue weighted by atomic mass is 16.5. The number of nitrogens with one attached hydrogen (secondary N) is 1. The highest BCUT2D eigenvalue weighted by Gasteiger charge is 2.29. The Hall–Kier alpha value is -0.0800. The van der Waals surface area contributed by atoms with Gasteiger partial charge in [0.05, 0.1) is 5.60 Å². The van der Waals surface area contributed by atoms with E-state index in [2.05, 4.69) is 19.2 Å². The van der Waals surface area contributed by atoms with Crippen molar-refractivity contribution < 1.29 is 4.74 Å². The summed E-state index contributed by atoms with van der Waals surface area (Å²) in [6, 6.07) is 0. The van der Waals surface area contributed by atoms with Crippen molar-refractivity contribution in [3.8, 4) is 0 Å². The topological polar surface area (TPSA) is 21.3 Å². The van der Waals surface area contributed by atoms with Gasteiger partial charge in [-0.05, 0) is 32.7 Å². The van der Waals surface area contributed by atoms with E-state index in [1.165, 1.54) is 12.8 Å². The second kappa shape index (κ2) is 3.55. The van der Waals surface area contributed by atoms with Crippen LogP contribution in [0, 0.1) is 5.92 Å². The molecule has 0 aromatic rings. The SMILES string of the molecule is CNCC1(C)CCC(C)CO1. The molecule has 0 bridgehead atoms. The average molecular weight is 157 g/mol. The van der Waals surface area contributed by atoms with E-state index in [-0.39, 0.29) is 5.60 Å². The first-order valence-corrected chi connectivity index (χ1v) is 4.45. The predicted molar refractivity (Wildman–Crippen MR) is 46.7 cm³/mol. The summed E-state index contributed by atoms with van der Waals surface area (Å²) in [6.07, 6.45) is 2.49. The van der Waals surface area contributed by atoms with E-state index < -0.39 is 0 Å². The highest BCUT2D eigenvalue weighted by Crippen LogP contribution is 2.26. The fourth-order valence-corrected chi connectivity index (χ4v) is 1.56. The molecule has 0 spiro atoms. The molecule has 2 atom stereocenters. The third kappa shape index (κ3) is 2.46. The molecule has 1 aliphatic rings. The lowest BCUT2D eigenvalue weighted by Crippen LogP contribution is -2.43. The lowest BCUT2D eigenvalue weighted by Gasteiger charge is -2.36. The Morgan fingerprint density at radius 3 is 2.82 bits per heavy atom. The number of hydrogen-bond donors (Lipinski definition) is 1. The maximum atomic E-state index is 5.76. The van der Waals surface area contributed by atoms with Crippen LogP contribution in [0.2, 0.25) is 0 Å². The molecule has 66 valence electrons. The number of likely N-dealkylation sites (N-methyl/N-ethyl adjacent to an activating group) is 1. The van der Waals surface area contributed by atoms with E-state index in [9.17, 15) is 0 Å². The minimum absolute atomic E-state index is 0.0985. The van der Waals surface area contributed by atoms with Crippen LogP contribution in [0.15, 0.2) is 0 Å². The largest absolute Gasteiger partial charge is 0.374 e. The monoisotopic (exact) mass is 157 g/mol. The fourth-order valence-electron chi connectivity index (χ4n) is 1.56. The van der Waals surface area contributed by atoms with Crippen LogP contribution in [-0.2, 0) is 4.74 Å². The summed E-state index contributed by atoms with van der Waals surface area (Å²) in [5.41, 5.74) is 0.0985. The van der Waals surface area contributed by atoms with E-state index in [4.69, 9.17) is 4.74 Å². The molecular weight excluding hydrogens is 138 g/mol. The molecule has 2 nitrogen and oxygen atoms in total. The molecule has 2 unspecified atom stereocenters. The molecule has 0 saturated carbocycles. The zero-order valence-corrected chi connectivity index (χ0v) is 7.81. The summed E-state index contributed by atoms with van der Waals surface area (Å²) < 4.78 is 5.76. The van der Waals surface area contributed by atoms with Gasteiger partial charge in [-0.15, -0.1) is 0 Å². The van der Waals surface area contributed by atoms with Gasteiger partial charge in [0.15, 0.2) is 0 Å². The first-order valence-electron chi connectivity index (χ1n) is 4.45. The van der Waals surface area contributed by atoms with Crippen molar-refractivity contribution in [3.63, 3.8) is 0 Å². The second-order valence-corrected chi connectivity index (χ2v) is 3.94. The Morgan fingerprint density at radius 1 is 1.64 bits per heavy atom. The van der Waals surface area contributed by atoms with Gasteiger partial charge in [0.2, 0.25) is 0 Å². The Morgan fingerprint density at radius 2 is 2.36 bits per heavy atom. The summed E-state index contributed by atoms with van der Waals surface area (Å²) in [6.45, 7) is 6.34. The maximum absolute atomic E-state index is 5.76. The van der Waals surface area contributed by atoms with Gasteiger partial charge in [-0.1, -0.05) is 6.92 Å². The summed E-state index contributed by atoms with van der Waals surface area (Å²) >= 11 is 0. The van der Waals surface area contributed by atoms with Crippen molar-refractivity contribution in [2.24, 2.45) is 5.92 Å². The van der Waals surface area contributed by atoms with E-state index in [0.717, 1.165) is 19.1 Å². The van der Waals surface area contributed by atoms with Crippen molar-refractivity contribution in [1.29, 1.82) is 0 Å². The molecule has 0 aromatic carbocycles. The van der Waals surface area contributed by atoms with Crippen LogP contribution in [0.1, 0.15) is 26.7 Å². The molecule has 1 fully saturated rings. The van der Waals surface area contributed by atoms with Crippen LogP contribution >= 0.6 is 0 Å². The number of hydrogen-bond acceptors (Lipinski definition) is 2. The summed E-state index contributed by atoms with van der Waals surface area (Å²) in [7, 11) is 1.98. The minimum Gasteiger partial charge on any atom is -0.374 e. The lowest BCUT2D eigenvalue weighted by molar-refractivity contribution is -0.0824. The van der Waals surface area contributed by atoms with E-state index in [1.807, 2.05) is 7.05 Å². The maximum Gasteiger partial charge on any atom is 0.0778 e. The molecular formula is C9H19NO. The van der Waals surface area contributed by atoms with Crippen molar-refractivity contribution in [3.05, 3.63) is 0 Å². The highest BCUT2D eigenvalue weighted by molar-refractivity contribution is 4.81. The molecule has 0 amide bonds. The van der Waals surface area contributed by atoms with Gasteiger partial charge < -0.3 is 10.1 Å². The summed E-state index contributed by atoms with van der Waals surface area (Å²) in [5, 5.41) is 3.17. The van der Waals surface area contributed by atoms with Crippen molar-refractivity contribution >= 4 is 0 Å². The van der Waals surface area contributed by atoms with Crippen LogP contribution in [0.3, 0.4) is 0 Å². The molecule has 1 rings (SSSR count). The van der Waals surface area contributed by atoms with E-state index in [0.29, 0.717) is 0 Å². The van der Waals surface area contributed by atoms with Crippen LogP contribution in [0.5, 0.6) is 0 Å². The van der Waals surface area contributed by atoms with Crippen LogP contribution in [0.25, 0.3) is 0 Å². The summed E-state index contributed by atoms with van der Waals surface area (Å²) in [4.78, 5) is 0. The molecule has 2 heteroatoms. The Labute approximate surface area is 69.3 Å². The third-order valence-corrected chi connectivity index (χ3v) is 2.43. The van der Waals surface area contributed by atoms with Gasteiger partial charge in [0.25, 0.3) is 0 Å². The standard InChI is InChI=1S/C9H19NO/c1-8-4-5-9(2,7-10-3)11-6-8/h8,10H,4-7H2,1-3H3.